The van der Waals surface area contributed by atoms with E-state index in [-0.39, 0.29) is 5.91 Å². The Balaban J connectivity index is 1.54. The predicted molar refractivity (Wildman–Crippen MR) is 76.6 cm³/mol. The minimum Gasteiger partial charge on any atom is -0.456 e. The van der Waals surface area contributed by atoms with Gasteiger partial charge in [-0.05, 0) is 51.2 Å². The van der Waals surface area contributed by atoms with Gasteiger partial charge in [0, 0.05) is 19.2 Å². The first kappa shape index (κ1) is 15.1. The monoisotopic (exact) mass is 280 g/mol. The summed E-state index contributed by atoms with van der Waals surface area (Å²) in [6.07, 6.45) is 5.38. The first-order valence-electron chi connectivity index (χ1n) is 7.37. The minimum atomic E-state index is -0.165. The number of hydrogen-bond acceptors (Lipinski definition) is 4. The minimum absolute atomic E-state index is 0.165. The average molecular weight is 280 g/mol. The summed E-state index contributed by atoms with van der Waals surface area (Å²) in [5.41, 5.74) is 5.85. The summed E-state index contributed by atoms with van der Waals surface area (Å²) in [5.74, 6) is 0.945. The van der Waals surface area contributed by atoms with E-state index >= 15 is 0 Å². The Morgan fingerprint density at radius 2 is 2.15 bits per heavy atom. The molecule has 1 saturated carbocycles. The van der Waals surface area contributed by atoms with Gasteiger partial charge in [-0.2, -0.15) is 0 Å². The molecule has 3 N–H and O–H groups in total. The van der Waals surface area contributed by atoms with Gasteiger partial charge in [-0.15, -0.1) is 0 Å². The molecular weight excluding hydrogens is 256 g/mol. The summed E-state index contributed by atoms with van der Waals surface area (Å²) in [4.78, 5) is 11.7. The molecule has 5 nitrogen and oxygen atoms in total. The fourth-order valence-corrected chi connectivity index (χ4v) is 2.42. The van der Waals surface area contributed by atoms with Crippen LogP contribution in [0.1, 0.15) is 48.4 Å². The Bertz CT molecular complexity index is 423. The molecule has 0 aliphatic heterocycles. The summed E-state index contributed by atoms with van der Waals surface area (Å²) in [7, 11) is 0. The second-order valence-electron chi connectivity index (χ2n) is 5.43. The molecule has 1 aliphatic carbocycles. The van der Waals surface area contributed by atoms with Gasteiger partial charge in [-0.3, -0.25) is 4.79 Å². The summed E-state index contributed by atoms with van der Waals surface area (Å²) >= 11 is 0. The lowest BCUT2D eigenvalue weighted by molar-refractivity contribution is 0.0241. The van der Waals surface area contributed by atoms with Gasteiger partial charge < -0.3 is 20.2 Å². The molecule has 5 heteroatoms. The highest BCUT2D eigenvalue weighted by molar-refractivity contribution is 5.91. The molecule has 20 heavy (non-hydrogen) atoms. The maximum absolute atomic E-state index is 11.7. The molecule has 1 heterocycles. The summed E-state index contributed by atoms with van der Waals surface area (Å²) in [6.45, 7) is 3.10. The Hall–Kier alpha value is -1.33. The van der Waals surface area contributed by atoms with E-state index in [1.165, 1.54) is 0 Å². The summed E-state index contributed by atoms with van der Waals surface area (Å²) in [6, 6.07) is 3.82. The van der Waals surface area contributed by atoms with E-state index in [1.54, 1.807) is 12.1 Å². The molecular formula is C15H24N2O3. The number of hydrogen-bond donors (Lipinski definition) is 2. The normalized spacial score (nSPS) is 22.7. The maximum Gasteiger partial charge on any atom is 0.286 e. The second-order valence-corrected chi connectivity index (χ2v) is 5.43. The van der Waals surface area contributed by atoms with Crippen molar-refractivity contribution < 1.29 is 13.9 Å². The van der Waals surface area contributed by atoms with Crippen LogP contribution < -0.4 is 11.1 Å². The van der Waals surface area contributed by atoms with Gasteiger partial charge in [0.15, 0.2) is 5.76 Å². The van der Waals surface area contributed by atoms with Crippen molar-refractivity contribution in [2.24, 2.45) is 5.73 Å². The fourth-order valence-electron chi connectivity index (χ4n) is 2.42. The molecule has 1 aromatic rings. The van der Waals surface area contributed by atoms with Gasteiger partial charge in [0.05, 0.1) is 6.10 Å². The van der Waals surface area contributed by atoms with Crippen LogP contribution >= 0.6 is 0 Å². The van der Waals surface area contributed by atoms with Gasteiger partial charge in [0.1, 0.15) is 5.76 Å². The van der Waals surface area contributed by atoms with Gasteiger partial charge in [-0.25, -0.2) is 0 Å². The highest BCUT2D eigenvalue weighted by Crippen LogP contribution is 2.19. The van der Waals surface area contributed by atoms with E-state index in [2.05, 4.69) is 5.32 Å². The number of furan rings is 1. The third kappa shape index (κ3) is 4.65. The van der Waals surface area contributed by atoms with E-state index in [9.17, 15) is 4.79 Å². The molecule has 1 amide bonds. The van der Waals surface area contributed by atoms with E-state index < -0.39 is 0 Å². The average Bonchev–Trinajstić information content (AvgIpc) is 2.87. The molecule has 0 aromatic carbocycles. The largest absolute Gasteiger partial charge is 0.456 e. The Morgan fingerprint density at radius 1 is 1.40 bits per heavy atom. The lowest BCUT2D eigenvalue weighted by atomic mass is 9.94. The van der Waals surface area contributed by atoms with Crippen molar-refractivity contribution in [3.8, 4) is 0 Å². The number of carbonyl (C=O) groups is 1. The number of nitrogens with two attached hydrogens (primary N) is 1. The first-order valence-corrected chi connectivity index (χ1v) is 7.37. The zero-order chi connectivity index (χ0) is 14.4. The molecule has 112 valence electrons. The number of ether oxygens (including phenoxy) is 1. The molecule has 0 bridgehead atoms. The zero-order valence-electron chi connectivity index (χ0n) is 12.1. The van der Waals surface area contributed by atoms with Crippen LogP contribution in [0.4, 0.5) is 0 Å². The van der Waals surface area contributed by atoms with Crippen molar-refractivity contribution in [1.29, 1.82) is 0 Å². The molecule has 1 aromatic heterocycles. The van der Waals surface area contributed by atoms with Crippen LogP contribution in [0.5, 0.6) is 0 Å². The third-order valence-corrected chi connectivity index (χ3v) is 3.64. The molecule has 0 saturated heterocycles. The quantitative estimate of drug-likeness (QED) is 0.781. The predicted octanol–water partition coefficient (Wildman–Crippen LogP) is 1.99. The molecule has 0 atom stereocenters. The van der Waals surface area contributed by atoms with Crippen molar-refractivity contribution >= 4 is 5.91 Å². The number of aryl methyl sites for hydroxylation is 1. The Morgan fingerprint density at radius 3 is 2.80 bits per heavy atom. The summed E-state index contributed by atoms with van der Waals surface area (Å²) in [5, 5.41) is 2.82. The Labute approximate surface area is 119 Å². The van der Waals surface area contributed by atoms with Crippen molar-refractivity contribution in [2.75, 3.05) is 13.2 Å². The SMILES string of the molecule is Cc1ccc(C(=O)NCCCOC2CCC(N)CC2)o1. The van der Waals surface area contributed by atoms with Crippen molar-refractivity contribution in [3.05, 3.63) is 23.7 Å². The van der Waals surface area contributed by atoms with Crippen molar-refractivity contribution in [3.63, 3.8) is 0 Å². The van der Waals surface area contributed by atoms with E-state index in [4.69, 9.17) is 14.9 Å². The lowest BCUT2D eigenvalue weighted by Gasteiger charge is -2.26. The van der Waals surface area contributed by atoms with Gasteiger partial charge in [0.25, 0.3) is 5.91 Å². The van der Waals surface area contributed by atoms with Gasteiger partial charge >= 0.3 is 0 Å². The molecule has 2 rings (SSSR count). The van der Waals surface area contributed by atoms with E-state index in [0.717, 1.165) is 37.9 Å². The molecule has 0 radical (unpaired) electrons. The van der Waals surface area contributed by atoms with Crippen LogP contribution in [0.25, 0.3) is 0 Å². The lowest BCUT2D eigenvalue weighted by Crippen LogP contribution is -2.31. The maximum atomic E-state index is 11.7. The van der Waals surface area contributed by atoms with Crippen LogP contribution in [-0.2, 0) is 4.74 Å². The molecule has 1 aliphatic rings. The molecule has 0 unspecified atom stereocenters. The molecule has 1 fully saturated rings. The summed E-state index contributed by atoms with van der Waals surface area (Å²) < 4.78 is 11.0. The number of rotatable bonds is 6. The van der Waals surface area contributed by atoms with Crippen LogP contribution in [-0.4, -0.2) is 31.2 Å². The first-order chi connectivity index (χ1) is 9.65. The standard InChI is InChI=1S/C15H24N2O3/c1-11-3-8-14(20-11)15(18)17-9-2-10-19-13-6-4-12(16)5-7-13/h3,8,12-13H,2,4-7,9-10,16H2,1H3,(H,17,18). The number of amides is 1. The Kier molecular flexibility index (Phi) is 5.61. The topological polar surface area (TPSA) is 77.5 Å². The van der Waals surface area contributed by atoms with Crippen LogP contribution in [0, 0.1) is 6.92 Å². The van der Waals surface area contributed by atoms with E-state index in [1.807, 2.05) is 6.92 Å². The van der Waals surface area contributed by atoms with Crippen LogP contribution in [0.15, 0.2) is 16.5 Å². The van der Waals surface area contributed by atoms with Crippen LogP contribution in [0.3, 0.4) is 0 Å². The molecule has 0 spiro atoms. The van der Waals surface area contributed by atoms with Crippen molar-refractivity contribution in [2.45, 2.75) is 51.2 Å². The smallest absolute Gasteiger partial charge is 0.286 e. The van der Waals surface area contributed by atoms with E-state index in [0.29, 0.717) is 31.1 Å². The van der Waals surface area contributed by atoms with Gasteiger partial charge in [0.2, 0.25) is 0 Å². The number of nitrogens with one attached hydrogen (secondary N) is 1. The number of carbonyl (C=O) groups excluding carboxylic acids is 1. The van der Waals surface area contributed by atoms with Gasteiger partial charge in [-0.1, -0.05) is 0 Å². The highest BCUT2D eigenvalue weighted by Gasteiger charge is 2.18. The van der Waals surface area contributed by atoms with Crippen LogP contribution in [0.2, 0.25) is 0 Å². The van der Waals surface area contributed by atoms with Crippen molar-refractivity contribution in [1.82, 2.24) is 5.32 Å². The highest BCUT2D eigenvalue weighted by atomic mass is 16.5. The zero-order valence-corrected chi connectivity index (χ0v) is 12.1. The fraction of sp³-hybridized carbons (Fsp3) is 0.667. The third-order valence-electron chi connectivity index (χ3n) is 3.64. The second kappa shape index (κ2) is 7.45.